The lowest BCUT2D eigenvalue weighted by Crippen LogP contribution is -2.30. The molecule has 1 heterocycles. The second-order valence-corrected chi connectivity index (χ2v) is 7.87. The number of sulfonamides is 1. The average Bonchev–Trinajstić information content (AvgIpc) is 2.71. The van der Waals surface area contributed by atoms with Gasteiger partial charge in [-0.3, -0.25) is 9.59 Å². The number of benzene rings is 1. The summed E-state index contributed by atoms with van der Waals surface area (Å²) in [6.07, 6.45) is 0.100. The molecule has 1 aromatic rings. The van der Waals surface area contributed by atoms with Gasteiger partial charge >= 0.3 is 0 Å². The Kier molecular flexibility index (Phi) is 5.61. The molecule has 0 bridgehead atoms. The Hall–Kier alpha value is -1.93. The van der Waals surface area contributed by atoms with Crippen LogP contribution in [0.4, 0.5) is 5.69 Å². The number of rotatable bonds is 6. The maximum atomic E-state index is 12.0. The lowest BCUT2D eigenvalue weighted by molar-refractivity contribution is -0.119. The van der Waals surface area contributed by atoms with E-state index in [9.17, 15) is 18.0 Å². The minimum Gasteiger partial charge on any atom is -0.377 e. The SMILES string of the molecule is CC(C)OCCNC(=O)c1ccc(N2C(=O)C(C)CS2(=O)=O)cc1. The third kappa shape index (κ3) is 4.12. The molecule has 1 aliphatic heterocycles. The molecular formula is C16H22N2O5S. The molecule has 1 atom stereocenters. The standard InChI is InChI=1S/C16H22N2O5S/c1-11(2)23-9-8-17-15(19)13-4-6-14(7-5-13)18-16(20)12(3)10-24(18,21)22/h4-7,11-12H,8-10H2,1-3H3,(H,17,19). The van der Waals surface area contributed by atoms with E-state index in [1.165, 1.54) is 24.3 Å². The summed E-state index contributed by atoms with van der Waals surface area (Å²) in [5.74, 6) is -1.47. The zero-order valence-electron chi connectivity index (χ0n) is 14.0. The molecule has 1 N–H and O–H groups in total. The highest BCUT2D eigenvalue weighted by atomic mass is 32.2. The minimum atomic E-state index is -3.63. The van der Waals surface area contributed by atoms with Gasteiger partial charge in [0.15, 0.2) is 0 Å². The lowest BCUT2D eigenvalue weighted by Gasteiger charge is -2.15. The van der Waals surface area contributed by atoms with E-state index in [-0.39, 0.29) is 23.5 Å². The third-order valence-corrected chi connectivity index (χ3v) is 5.43. The molecule has 1 fully saturated rings. The first kappa shape index (κ1) is 18.4. The van der Waals surface area contributed by atoms with E-state index in [2.05, 4.69) is 5.32 Å². The van der Waals surface area contributed by atoms with Crippen molar-refractivity contribution in [1.82, 2.24) is 5.32 Å². The molecule has 1 unspecified atom stereocenters. The predicted octanol–water partition coefficient (Wildman–Crippen LogP) is 1.15. The summed E-state index contributed by atoms with van der Waals surface area (Å²) in [5.41, 5.74) is 0.643. The molecule has 0 spiro atoms. The number of nitrogens with zero attached hydrogens (tertiary/aromatic N) is 1. The number of carbonyl (C=O) groups excluding carboxylic acids is 2. The van der Waals surface area contributed by atoms with Crippen molar-refractivity contribution in [2.45, 2.75) is 26.9 Å². The van der Waals surface area contributed by atoms with Gasteiger partial charge in [0.25, 0.3) is 5.91 Å². The molecule has 8 heteroatoms. The van der Waals surface area contributed by atoms with E-state index in [1.807, 2.05) is 13.8 Å². The number of hydrogen-bond donors (Lipinski definition) is 1. The Balaban J connectivity index is 2.03. The van der Waals surface area contributed by atoms with Gasteiger partial charge in [0.2, 0.25) is 15.9 Å². The summed E-state index contributed by atoms with van der Waals surface area (Å²) in [6, 6.07) is 5.93. The fraction of sp³-hybridized carbons (Fsp3) is 0.500. The summed E-state index contributed by atoms with van der Waals surface area (Å²) in [4.78, 5) is 24.0. The van der Waals surface area contributed by atoms with Crippen molar-refractivity contribution in [3.63, 3.8) is 0 Å². The number of nitrogens with one attached hydrogen (secondary N) is 1. The maximum Gasteiger partial charge on any atom is 0.251 e. The summed E-state index contributed by atoms with van der Waals surface area (Å²) in [7, 11) is -3.63. The molecule has 1 aromatic carbocycles. The molecule has 0 saturated carbocycles. The summed E-state index contributed by atoms with van der Waals surface area (Å²) < 4.78 is 30.2. The van der Waals surface area contributed by atoms with Crippen molar-refractivity contribution in [3.05, 3.63) is 29.8 Å². The first-order chi connectivity index (χ1) is 11.2. The first-order valence-electron chi connectivity index (χ1n) is 7.79. The van der Waals surface area contributed by atoms with Crippen LogP contribution >= 0.6 is 0 Å². The fourth-order valence-corrected chi connectivity index (χ4v) is 4.22. The second-order valence-electron chi connectivity index (χ2n) is 6.00. The summed E-state index contributed by atoms with van der Waals surface area (Å²) >= 11 is 0. The van der Waals surface area contributed by atoms with Gasteiger partial charge in [0, 0.05) is 12.1 Å². The van der Waals surface area contributed by atoms with Gasteiger partial charge in [-0.2, -0.15) is 0 Å². The van der Waals surface area contributed by atoms with Crippen LogP contribution in [0.2, 0.25) is 0 Å². The summed E-state index contributed by atoms with van der Waals surface area (Å²) in [5, 5.41) is 2.71. The normalized spacial score (nSPS) is 19.8. The molecule has 0 aromatic heterocycles. The molecule has 2 amide bonds. The van der Waals surface area contributed by atoms with E-state index in [0.717, 1.165) is 4.31 Å². The monoisotopic (exact) mass is 354 g/mol. The van der Waals surface area contributed by atoms with Crippen LogP contribution in [0.25, 0.3) is 0 Å². The van der Waals surface area contributed by atoms with Gasteiger partial charge in [-0.15, -0.1) is 0 Å². The van der Waals surface area contributed by atoms with Crippen LogP contribution in [0, 0.1) is 5.92 Å². The van der Waals surface area contributed by atoms with E-state index in [0.29, 0.717) is 18.7 Å². The zero-order valence-corrected chi connectivity index (χ0v) is 14.8. The van der Waals surface area contributed by atoms with E-state index >= 15 is 0 Å². The molecule has 7 nitrogen and oxygen atoms in total. The van der Waals surface area contributed by atoms with Crippen molar-refractivity contribution in [3.8, 4) is 0 Å². The minimum absolute atomic E-state index is 0.100. The number of carbonyl (C=O) groups is 2. The molecule has 132 valence electrons. The van der Waals surface area contributed by atoms with Gasteiger partial charge in [0.1, 0.15) is 0 Å². The summed E-state index contributed by atoms with van der Waals surface area (Å²) in [6.45, 7) is 6.21. The molecule has 2 rings (SSSR count). The molecular weight excluding hydrogens is 332 g/mol. The second kappa shape index (κ2) is 7.31. The zero-order chi connectivity index (χ0) is 17.9. The highest BCUT2D eigenvalue weighted by Crippen LogP contribution is 2.28. The van der Waals surface area contributed by atoms with E-state index in [4.69, 9.17) is 4.74 Å². The van der Waals surface area contributed by atoms with Gasteiger partial charge in [-0.25, -0.2) is 12.7 Å². The lowest BCUT2D eigenvalue weighted by atomic mass is 10.1. The predicted molar refractivity (Wildman–Crippen MR) is 90.3 cm³/mol. The van der Waals surface area contributed by atoms with Crippen LogP contribution in [-0.2, 0) is 19.6 Å². The topological polar surface area (TPSA) is 92.8 Å². The Morgan fingerprint density at radius 3 is 2.46 bits per heavy atom. The smallest absolute Gasteiger partial charge is 0.251 e. The van der Waals surface area contributed by atoms with Gasteiger partial charge < -0.3 is 10.1 Å². The Morgan fingerprint density at radius 2 is 1.96 bits per heavy atom. The van der Waals surface area contributed by atoms with Crippen LogP contribution in [-0.4, -0.2) is 45.2 Å². The van der Waals surface area contributed by atoms with E-state index in [1.54, 1.807) is 6.92 Å². The highest BCUT2D eigenvalue weighted by Gasteiger charge is 2.41. The van der Waals surface area contributed by atoms with Gasteiger partial charge in [0.05, 0.1) is 30.1 Å². The van der Waals surface area contributed by atoms with Crippen molar-refractivity contribution < 1.29 is 22.7 Å². The van der Waals surface area contributed by atoms with Crippen molar-refractivity contribution >= 4 is 27.5 Å². The number of ether oxygens (including phenoxy) is 1. The van der Waals surface area contributed by atoms with Crippen molar-refractivity contribution in [1.29, 1.82) is 0 Å². The van der Waals surface area contributed by atoms with E-state index < -0.39 is 21.8 Å². The first-order valence-corrected chi connectivity index (χ1v) is 9.40. The van der Waals surface area contributed by atoms with Gasteiger partial charge in [-0.05, 0) is 38.1 Å². The maximum absolute atomic E-state index is 12.0. The van der Waals surface area contributed by atoms with Crippen LogP contribution in [0.5, 0.6) is 0 Å². The largest absolute Gasteiger partial charge is 0.377 e. The molecule has 1 saturated heterocycles. The third-order valence-electron chi connectivity index (χ3n) is 3.56. The molecule has 0 radical (unpaired) electrons. The fourth-order valence-electron chi connectivity index (χ4n) is 2.40. The Morgan fingerprint density at radius 1 is 1.33 bits per heavy atom. The van der Waals surface area contributed by atoms with Crippen LogP contribution in [0.3, 0.4) is 0 Å². The number of amides is 2. The number of anilines is 1. The molecule has 0 aliphatic carbocycles. The Labute approximate surface area is 142 Å². The molecule has 24 heavy (non-hydrogen) atoms. The quantitative estimate of drug-likeness (QED) is 0.774. The van der Waals surface area contributed by atoms with Crippen LogP contribution in [0.1, 0.15) is 31.1 Å². The van der Waals surface area contributed by atoms with Crippen LogP contribution < -0.4 is 9.62 Å². The molecule has 1 aliphatic rings. The Bertz CT molecular complexity index is 712. The highest BCUT2D eigenvalue weighted by molar-refractivity contribution is 7.94. The average molecular weight is 354 g/mol. The van der Waals surface area contributed by atoms with Crippen molar-refractivity contribution in [2.75, 3.05) is 23.2 Å². The number of hydrogen-bond acceptors (Lipinski definition) is 5. The van der Waals surface area contributed by atoms with Gasteiger partial charge in [-0.1, -0.05) is 6.92 Å². The van der Waals surface area contributed by atoms with Crippen LogP contribution in [0.15, 0.2) is 24.3 Å². The van der Waals surface area contributed by atoms with Crippen molar-refractivity contribution in [2.24, 2.45) is 5.92 Å².